The van der Waals surface area contributed by atoms with E-state index in [9.17, 15) is 0 Å². The Kier molecular flexibility index (Phi) is 2.62. The number of anilines is 1. The van der Waals surface area contributed by atoms with Gasteiger partial charge in [-0.15, -0.1) is 10.8 Å². The van der Waals surface area contributed by atoms with Crippen LogP contribution in [0.4, 0.5) is 5.69 Å². The van der Waals surface area contributed by atoms with Gasteiger partial charge in [0.15, 0.2) is 0 Å². The summed E-state index contributed by atoms with van der Waals surface area (Å²) in [6, 6.07) is 7.47. The van der Waals surface area contributed by atoms with E-state index in [4.69, 9.17) is 9.11 Å². The van der Waals surface area contributed by atoms with Crippen molar-refractivity contribution in [2.75, 3.05) is 11.0 Å². The molecule has 68 valence electrons. The van der Waals surface area contributed by atoms with Gasteiger partial charge in [-0.3, -0.25) is 13.8 Å². The number of rotatable bonds is 2. The van der Waals surface area contributed by atoms with E-state index in [-0.39, 0.29) is 0 Å². The van der Waals surface area contributed by atoms with E-state index in [1.54, 1.807) is 6.07 Å². The minimum Gasteiger partial charge on any atom is -0.285 e. The lowest BCUT2D eigenvalue weighted by Gasteiger charge is -2.28. The lowest BCUT2D eigenvalue weighted by molar-refractivity contribution is 0.502. The molecular weight excluding hydrogens is 174 g/mol. The van der Waals surface area contributed by atoms with E-state index in [1.807, 2.05) is 25.1 Å². The molecule has 3 nitrogen and oxygen atoms in total. The predicted molar refractivity (Wildman–Crippen MR) is 53.6 cm³/mol. The molecular formula is C8H13NO2S. The molecule has 0 radical (unpaired) electrons. The van der Waals surface area contributed by atoms with Crippen molar-refractivity contribution < 1.29 is 9.11 Å². The van der Waals surface area contributed by atoms with Crippen LogP contribution >= 0.6 is 10.8 Å². The normalized spacial score (nSPS) is 12.7. The van der Waals surface area contributed by atoms with Gasteiger partial charge in [0.25, 0.3) is 0 Å². The first-order valence-corrected chi connectivity index (χ1v) is 5.50. The molecule has 12 heavy (non-hydrogen) atoms. The van der Waals surface area contributed by atoms with Crippen molar-refractivity contribution in [2.45, 2.75) is 6.92 Å². The third-order valence-corrected chi connectivity index (χ3v) is 1.95. The van der Waals surface area contributed by atoms with E-state index in [0.717, 1.165) is 11.3 Å². The van der Waals surface area contributed by atoms with Gasteiger partial charge in [0.05, 0.1) is 5.69 Å². The zero-order valence-electron chi connectivity index (χ0n) is 7.11. The summed E-state index contributed by atoms with van der Waals surface area (Å²) >= 11 is 0. The largest absolute Gasteiger partial charge is 0.285 e. The molecule has 0 aliphatic rings. The highest BCUT2D eigenvalue weighted by Gasteiger charge is 2.02. The van der Waals surface area contributed by atoms with E-state index in [1.165, 1.54) is 6.26 Å². The van der Waals surface area contributed by atoms with Crippen LogP contribution < -0.4 is 4.72 Å². The molecule has 0 atom stereocenters. The fourth-order valence-electron chi connectivity index (χ4n) is 0.932. The van der Waals surface area contributed by atoms with Gasteiger partial charge in [-0.25, -0.2) is 0 Å². The van der Waals surface area contributed by atoms with Gasteiger partial charge < -0.3 is 0 Å². The number of aryl methyl sites for hydroxylation is 1. The molecule has 0 bridgehead atoms. The summed E-state index contributed by atoms with van der Waals surface area (Å²) in [5, 5.41) is 0. The summed E-state index contributed by atoms with van der Waals surface area (Å²) in [6.07, 6.45) is 1.36. The molecule has 0 amide bonds. The zero-order chi connectivity index (χ0) is 9.19. The Labute approximate surface area is 73.9 Å². The standard InChI is InChI=1S/C8H13NO2S/c1-7-4-3-5-8(6-7)9-12(2,10)11/h3-6,9-11H,1-2H3. The molecule has 1 aromatic rings. The van der Waals surface area contributed by atoms with Crippen LogP contribution in [-0.2, 0) is 0 Å². The monoisotopic (exact) mass is 187 g/mol. The van der Waals surface area contributed by atoms with Crippen molar-refractivity contribution in [1.82, 2.24) is 0 Å². The van der Waals surface area contributed by atoms with Crippen molar-refractivity contribution in [1.29, 1.82) is 0 Å². The van der Waals surface area contributed by atoms with E-state index < -0.39 is 10.8 Å². The second-order valence-corrected chi connectivity index (χ2v) is 4.68. The Morgan fingerprint density at radius 2 is 2.00 bits per heavy atom. The maximum Gasteiger partial charge on any atom is 0.0538 e. The van der Waals surface area contributed by atoms with Crippen LogP contribution in [0.1, 0.15) is 5.56 Å². The van der Waals surface area contributed by atoms with Crippen LogP contribution in [0.3, 0.4) is 0 Å². The van der Waals surface area contributed by atoms with Gasteiger partial charge >= 0.3 is 0 Å². The highest BCUT2D eigenvalue weighted by Crippen LogP contribution is 2.33. The van der Waals surface area contributed by atoms with Gasteiger partial charge in [-0.1, -0.05) is 12.1 Å². The zero-order valence-corrected chi connectivity index (χ0v) is 7.93. The van der Waals surface area contributed by atoms with Gasteiger partial charge in [0.1, 0.15) is 0 Å². The second kappa shape index (κ2) is 3.35. The van der Waals surface area contributed by atoms with Crippen LogP contribution in [0.2, 0.25) is 0 Å². The Bertz CT molecular complexity index is 270. The highest BCUT2D eigenvalue weighted by molar-refractivity contribution is 8.24. The maximum absolute atomic E-state index is 9.09. The van der Waals surface area contributed by atoms with Crippen LogP contribution in [0.25, 0.3) is 0 Å². The number of nitrogens with one attached hydrogen (secondary N) is 1. The average molecular weight is 187 g/mol. The van der Waals surface area contributed by atoms with Crippen molar-refractivity contribution in [3.8, 4) is 0 Å². The first-order chi connectivity index (χ1) is 5.47. The van der Waals surface area contributed by atoms with Crippen molar-refractivity contribution in [2.24, 2.45) is 0 Å². The topological polar surface area (TPSA) is 52.5 Å². The minimum atomic E-state index is -2.64. The molecule has 1 rings (SSSR count). The number of hydrogen-bond acceptors (Lipinski definition) is 3. The lowest BCUT2D eigenvalue weighted by atomic mass is 10.2. The maximum atomic E-state index is 9.09. The lowest BCUT2D eigenvalue weighted by Crippen LogP contribution is -2.06. The molecule has 0 aliphatic heterocycles. The van der Waals surface area contributed by atoms with Crippen molar-refractivity contribution in [3.63, 3.8) is 0 Å². The SMILES string of the molecule is Cc1cccc(NS(C)(O)O)c1. The molecule has 0 fully saturated rings. The number of benzene rings is 1. The minimum absolute atomic E-state index is 0.734. The molecule has 1 aromatic carbocycles. The molecule has 4 heteroatoms. The molecule has 3 N–H and O–H groups in total. The molecule has 0 heterocycles. The van der Waals surface area contributed by atoms with Crippen LogP contribution in [-0.4, -0.2) is 15.4 Å². The first-order valence-electron chi connectivity index (χ1n) is 3.55. The Balaban J connectivity index is 2.77. The van der Waals surface area contributed by atoms with Crippen LogP contribution in [0, 0.1) is 6.92 Å². The quantitative estimate of drug-likeness (QED) is 0.667. The molecule has 0 unspecified atom stereocenters. The summed E-state index contributed by atoms with van der Waals surface area (Å²) < 4.78 is 20.8. The first kappa shape index (κ1) is 9.38. The third-order valence-electron chi connectivity index (χ3n) is 1.33. The summed E-state index contributed by atoms with van der Waals surface area (Å²) in [5.74, 6) is 0. The Morgan fingerprint density at radius 3 is 2.50 bits per heavy atom. The van der Waals surface area contributed by atoms with Gasteiger partial charge in [0, 0.05) is 6.26 Å². The number of hydrogen-bond donors (Lipinski definition) is 3. The Morgan fingerprint density at radius 1 is 1.33 bits per heavy atom. The fourth-order valence-corrected chi connectivity index (χ4v) is 1.51. The van der Waals surface area contributed by atoms with Gasteiger partial charge in [-0.05, 0) is 24.6 Å². The molecule has 0 spiro atoms. The van der Waals surface area contributed by atoms with E-state index in [2.05, 4.69) is 4.72 Å². The smallest absolute Gasteiger partial charge is 0.0538 e. The predicted octanol–water partition coefficient (Wildman–Crippen LogP) is 2.70. The molecule has 0 saturated carbocycles. The van der Waals surface area contributed by atoms with Gasteiger partial charge in [-0.2, -0.15) is 0 Å². The molecule has 0 aromatic heterocycles. The third kappa shape index (κ3) is 3.13. The average Bonchev–Trinajstić information content (AvgIpc) is 1.82. The van der Waals surface area contributed by atoms with Crippen molar-refractivity contribution in [3.05, 3.63) is 29.8 Å². The van der Waals surface area contributed by atoms with Crippen molar-refractivity contribution >= 4 is 16.5 Å². The van der Waals surface area contributed by atoms with E-state index in [0.29, 0.717) is 0 Å². The second-order valence-electron chi connectivity index (χ2n) is 2.81. The van der Waals surface area contributed by atoms with E-state index >= 15 is 0 Å². The van der Waals surface area contributed by atoms with Crippen LogP contribution in [0.5, 0.6) is 0 Å². The summed E-state index contributed by atoms with van der Waals surface area (Å²) in [4.78, 5) is 0. The summed E-state index contributed by atoms with van der Waals surface area (Å²) in [7, 11) is -2.64. The summed E-state index contributed by atoms with van der Waals surface area (Å²) in [6.45, 7) is 1.95. The van der Waals surface area contributed by atoms with Gasteiger partial charge in [0.2, 0.25) is 0 Å². The fraction of sp³-hybridized carbons (Fsp3) is 0.250. The summed E-state index contributed by atoms with van der Waals surface area (Å²) in [5.41, 5.74) is 1.82. The molecule has 0 saturated heterocycles. The van der Waals surface area contributed by atoms with Crippen LogP contribution in [0.15, 0.2) is 24.3 Å². The highest BCUT2D eigenvalue weighted by atomic mass is 32.3. The molecule has 0 aliphatic carbocycles. The Hall–Kier alpha value is -0.710.